The molecule has 0 saturated heterocycles. The second kappa shape index (κ2) is 11.5. The fourth-order valence-electron chi connectivity index (χ4n) is 0.399. The molecule has 0 amide bonds. The van der Waals surface area contributed by atoms with E-state index in [9.17, 15) is 17.7 Å². The molecule has 0 saturated carbocycles. The topological polar surface area (TPSA) is 55.8 Å². The largest absolute Gasteiger partial charge is 0.472 e. The van der Waals surface area contributed by atoms with Crippen LogP contribution in [0.4, 0.5) is 13.2 Å². The lowest BCUT2D eigenvalue weighted by atomic mass is 10.5. The average Bonchev–Trinajstić information content (AvgIpc) is 2.29. The van der Waals surface area contributed by atoms with Crippen molar-refractivity contribution < 1.29 is 31.7 Å². The van der Waals surface area contributed by atoms with Crippen molar-refractivity contribution in [1.29, 1.82) is 0 Å². The predicted molar refractivity (Wildman–Crippen MR) is 57.9 cm³/mol. The van der Waals surface area contributed by atoms with Crippen molar-refractivity contribution >= 4 is 7.82 Å². The summed E-state index contributed by atoms with van der Waals surface area (Å²) in [4.78, 5) is 8.62. The van der Waals surface area contributed by atoms with Gasteiger partial charge in [-0.1, -0.05) is 6.92 Å². The summed E-state index contributed by atoms with van der Waals surface area (Å²) in [5, 5.41) is 0. The molecule has 1 atom stereocenters. The minimum Gasteiger partial charge on any atom is -0.302 e. The van der Waals surface area contributed by atoms with Crippen LogP contribution in [0.2, 0.25) is 0 Å². The molecule has 0 aliphatic rings. The van der Waals surface area contributed by atoms with E-state index < -0.39 is 20.6 Å². The van der Waals surface area contributed by atoms with Crippen LogP contribution in [0.1, 0.15) is 13.3 Å². The molecule has 0 aromatic heterocycles. The lowest BCUT2D eigenvalue weighted by molar-refractivity contribution is -0.157. The van der Waals surface area contributed by atoms with Crippen LogP contribution < -0.4 is 0 Å². The van der Waals surface area contributed by atoms with Gasteiger partial charge in [-0.3, -0.25) is 9.05 Å². The van der Waals surface area contributed by atoms with Crippen molar-refractivity contribution in [2.75, 3.05) is 13.2 Å². The molecule has 1 unspecified atom stereocenters. The van der Waals surface area contributed by atoms with Crippen LogP contribution in [-0.4, -0.2) is 24.3 Å². The van der Waals surface area contributed by atoms with Crippen molar-refractivity contribution in [3.63, 3.8) is 0 Å². The molecule has 0 aliphatic carbocycles. The monoisotopic (exact) mass is 274 g/mol. The summed E-state index contributed by atoms with van der Waals surface area (Å²) in [5.41, 5.74) is 0. The second-order valence-corrected chi connectivity index (χ2v) is 3.64. The summed E-state index contributed by atoms with van der Waals surface area (Å²) in [6.07, 6.45) is 11.8. The highest BCUT2D eigenvalue weighted by Crippen LogP contribution is 2.44. The Morgan fingerprint density at radius 2 is 1.59 bits per heavy atom. The van der Waals surface area contributed by atoms with Gasteiger partial charge in [0.2, 0.25) is 0 Å². The molecule has 0 radical (unpaired) electrons. The van der Waals surface area contributed by atoms with Crippen LogP contribution in [0.15, 0.2) is 0 Å². The van der Waals surface area contributed by atoms with Crippen molar-refractivity contribution in [2.24, 2.45) is 0 Å². The average molecular weight is 274 g/mol. The molecule has 4 nitrogen and oxygen atoms in total. The van der Waals surface area contributed by atoms with Gasteiger partial charge in [0.25, 0.3) is 0 Å². The van der Waals surface area contributed by atoms with E-state index in [0.29, 0.717) is 6.42 Å². The van der Waals surface area contributed by atoms with Crippen molar-refractivity contribution in [3.05, 3.63) is 0 Å². The van der Waals surface area contributed by atoms with Gasteiger partial charge in [0.1, 0.15) is 0 Å². The Morgan fingerprint density at radius 1 is 1.18 bits per heavy atom. The van der Waals surface area contributed by atoms with Gasteiger partial charge in [0.05, 0.1) is 6.61 Å². The van der Waals surface area contributed by atoms with Gasteiger partial charge in [-0.25, -0.2) is 4.57 Å². The molecule has 0 heterocycles. The number of halogens is 3. The second-order valence-electron chi connectivity index (χ2n) is 2.19. The summed E-state index contributed by atoms with van der Waals surface area (Å²) in [5.74, 6) is 0. The van der Waals surface area contributed by atoms with Crippen LogP contribution in [0.3, 0.4) is 0 Å². The highest BCUT2D eigenvalue weighted by molar-refractivity contribution is 7.47. The van der Waals surface area contributed by atoms with E-state index in [1.54, 1.807) is 6.92 Å². The Balaban J connectivity index is -0.000000439. The maximum Gasteiger partial charge on any atom is 0.472 e. The van der Waals surface area contributed by atoms with Crippen LogP contribution in [0, 0.1) is 25.7 Å². The Labute approximate surface area is 98.7 Å². The summed E-state index contributed by atoms with van der Waals surface area (Å²) in [6, 6.07) is 0. The SMILES string of the molecule is C#C.C#C.CCCOP(=O)(O)OCC(F)(F)F. The van der Waals surface area contributed by atoms with Crippen LogP contribution >= 0.6 is 7.82 Å². The standard InChI is InChI=1S/C5H10F3O4P.2C2H2/c1-2-3-11-13(9,10)12-4-5(6,7)8;2*1-2/h2-4H2,1H3,(H,9,10);2*1-2H. The maximum absolute atomic E-state index is 11.5. The molecule has 0 aromatic carbocycles. The molecule has 0 aromatic rings. The molecule has 8 heteroatoms. The zero-order valence-electron chi connectivity index (χ0n) is 9.18. The summed E-state index contributed by atoms with van der Waals surface area (Å²) in [7, 11) is -4.53. The number of alkyl halides is 3. The number of terminal acetylenes is 2. The number of phosphoric ester groups is 1. The molecular weight excluding hydrogens is 260 g/mol. The Hall–Kier alpha value is -0.980. The van der Waals surface area contributed by atoms with Gasteiger partial charge in [-0.05, 0) is 6.42 Å². The minimum absolute atomic E-state index is 0.119. The highest BCUT2D eigenvalue weighted by Gasteiger charge is 2.33. The van der Waals surface area contributed by atoms with Crippen molar-refractivity contribution in [1.82, 2.24) is 0 Å². The Kier molecular flexibility index (Phi) is 14.4. The molecule has 0 aliphatic heterocycles. The van der Waals surface area contributed by atoms with E-state index in [1.165, 1.54) is 0 Å². The van der Waals surface area contributed by atoms with Crippen LogP contribution in [-0.2, 0) is 13.6 Å². The van der Waals surface area contributed by atoms with Gasteiger partial charge >= 0.3 is 14.0 Å². The lowest BCUT2D eigenvalue weighted by Gasteiger charge is -2.12. The molecular formula is C9H14F3O4P. The quantitative estimate of drug-likeness (QED) is 0.618. The number of phosphoric acid groups is 1. The zero-order chi connectivity index (χ0) is 14.5. The van der Waals surface area contributed by atoms with Crippen LogP contribution in [0.25, 0.3) is 0 Å². The number of hydrogen-bond acceptors (Lipinski definition) is 3. The van der Waals surface area contributed by atoms with Gasteiger partial charge < -0.3 is 4.89 Å². The number of hydrogen-bond donors (Lipinski definition) is 1. The van der Waals surface area contributed by atoms with E-state index in [-0.39, 0.29) is 6.61 Å². The lowest BCUT2D eigenvalue weighted by Crippen LogP contribution is -2.16. The molecule has 100 valence electrons. The first kappa shape index (κ1) is 21.3. The third kappa shape index (κ3) is 21.0. The van der Waals surface area contributed by atoms with E-state index in [1.807, 2.05) is 0 Å². The fraction of sp³-hybridized carbons (Fsp3) is 0.556. The van der Waals surface area contributed by atoms with Gasteiger partial charge in [0.15, 0.2) is 6.61 Å². The third-order valence-electron chi connectivity index (χ3n) is 0.850. The Bertz CT molecular complexity index is 254. The first-order valence-electron chi connectivity index (χ1n) is 4.12. The predicted octanol–water partition coefficient (Wildman–Crippen LogP) is 2.59. The summed E-state index contributed by atoms with van der Waals surface area (Å²) >= 11 is 0. The van der Waals surface area contributed by atoms with E-state index >= 15 is 0 Å². The smallest absolute Gasteiger partial charge is 0.302 e. The number of rotatable bonds is 5. The normalized spacial score (nSPS) is 13.2. The van der Waals surface area contributed by atoms with Gasteiger partial charge in [-0.15, -0.1) is 25.7 Å². The summed E-state index contributed by atoms with van der Waals surface area (Å²) < 4.78 is 52.9. The van der Waals surface area contributed by atoms with Crippen molar-refractivity contribution in [2.45, 2.75) is 19.5 Å². The van der Waals surface area contributed by atoms with E-state index in [2.05, 4.69) is 34.7 Å². The van der Waals surface area contributed by atoms with Crippen LogP contribution in [0.5, 0.6) is 0 Å². The molecule has 0 spiro atoms. The Morgan fingerprint density at radius 3 is 1.88 bits per heavy atom. The van der Waals surface area contributed by atoms with E-state index in [4.69, 9.17) is 4.89 Å². The van der Waals surface area contributed by atoms with Gasteiger partial charge in [-0.2, -0.15) is 13.2 Å². The molecule has 0 fully saturated rings. The first-order chi connectivity index (χ1) is 7.77. The van der Waals surface area contributed by atoms with Crippen molar-refractivity contribution in [3.8, 4) is 25.7 Å². The molecule has 17 heavy (non-hydrogen) atoms. The third-order valence-corrected chi connectivity index (χ3v) is 1.81. The highest BCUT2D eigenvalue weighted by atomic mass is 31.2. The maximum atomic E-state index is 11.5. The summed E-state index contributed by atoms with van der Waals surface area (Å²) in [6.45, 7) is -0.264. The first-order valence-corrected chi connectivity index (χ1v) is 5.61. The van der Waals surface area contributed by atoms with E-state index in [0.717, 1.165) is 0 Å². The molecule has 1 N–H and O–H groups in total. The van der Waals surface area contributed by atoms with Gasteiger partial charge in [0, 0.05) is 0 Å². The molecule has 0 rings (SSSR count). The minimum atomic E-state index is -4.63. The fourth-order valence-corrected chi connectivity index (χ4v) is 1.20. The molecule has 0 bridgehead atoms. The zero-order valence-corrected chi connectivity index (χ0v) is 10.1.